The molecule has 2 atom stereocenters. The van der Waals surface area contributed by atoms with E-state index in [0.717, 1.165) is 124 Å². The fraction of sp³-hybridized carbons (Fsp3) is 0.281. The SMILES string of the molecule is COc1cc(C(=O)N2CC[C@]3(C=C(C4=NCCN4)CC3)Cc3ccccc32)ccc1NC(=O)c1cc(F)ccc1Cl.COc1cc(C(=O)N2CC[C@]3(C=C(C4=NCCN4)CC3)Cc3ccccc32)ccc1NC(=O)c1cc(F)ccc1Cl.[B]B([B])B([B])B([B])[B].[B][B].[B][B]B([B])B([B])[B]. The summed E-state index contributed by atoms with van der Waals surface area (Å²) in [6, 6.07) is 33.2. The molecular weight excluding hydrogens is 1270 g/mol. The van der Waals surface area contributed by atoms with Crippen LogP contribution in [-0.2, 0) is 12.8 Å². The number of carbonyl (C=O) groups excluding carboxylic acids is 4. The maximum atomic E-state index is 14.0. The number of allylic oxidation sites excluding steroid dienone is 2. The number of carbonyl (C=O) groups is 4. The molecule has 99 heavy (non-hydrogen) atoms. The van der Waals surface area contributed by atoms with Crippen LogP contribution in [0.2, 0.25) is 10.0 Å². The van der Waals surface area contributed by atoms with Crippen molar-refractivity contribution in [1.29, 1.82) is 0 Å². The molecular formula is C64H60B17Cl2F2N8O6. The summed E-state index contributed by atoms with van der Waals surface area (Å²) in [7, 11) is 58.3. The largest absolute Gasteiger partial charge is 0.495 e. The normalized spacial score (nSPS) is 17.5. The predicted octanol–water partition coefficient (Wildman–Crippen LogP) is 5.61. The number of ether oxygens (including phenoxy) is 2. The number of fused-ring (bicyclic) bond motifs is 2. The molecule has 4 heterocycles. The highest BCUT2D eigenvalue weighted by Crippen LogP contribution is 2.48. The van der Waals surface area contributed by atoms with Crippen LogP contribution in [0.15, 0.2) is 155 Å². The number of amidine groups is 2. The second kappa shape index (κ2) is 35.9. The number of para-hydroxylation sites is 2. The molecule has 2 aliphatic carbocycles. The quantitative estimate of drug-likeness (QED) is 0.102. The topological polar surface area (TPSA) is 166 Å². The average molecular weight is 1330 g/mol. The summed E-state index contributed by atoms with van der Waals surface area (Å²) in [5.74, 6) is 0.0561. The Labute approximate surface area is 606 Å². The van der Waals surface area contributed by atoms with E-state index in [1.807, 2.05) is 46.2 Å². The molecule has 4 amide bonds. The van der Waals surface area contributed by atoms with Crippen molar-refractivity contribution >= 4 is 205 Å². The van der Waals surface area contributed by atoms with Crippen molar-refractivity contribution in [2.24, 2.45) is 20.8 Å². The van der Waals surface area contributed by atoms with E-state index in [1.54, 1.807) is 36.4 Å². The van der Waals surface area contributed by atoms with Crippen molar-refractivity contribution in [3.8, 4) is 11.5 Å². The second-order valence-electron chi connectivity index (χ2n) is 24.5. The molecule has 6 aromatic carbocycles. The Morgan fingerprint density at radius 2 is 0.970 bits per heavy atom. The van der Waals surface area contributed by atoms with Crippen LogP contribution in [0.5, 0.6) is 11.5 Å². The molecule has 0 fully saturated rings. The first-order valence-electron chi connectivity index (χ1n) is 32.1. The van der Waals surface area contributed by atoms with Gasteiger partial charge in [0.1, 0.15) is 34.8 Å². The lowest BCUT2D eigenvalue weighted by Gasteiger charge is -2.26. The molecule has 23 radical (unpaired) electrons. The third-order valence-corrected chi connectivity index (χ3v) is 18.5. The monoisotopic (exact) mass is 1330 g/mol. The molecule has 12 rings (SSSR count). The van der Waals surface area contributed by atoms with Gasteiger partial charge in [0.05, 0.1) is 59.9 Å². The summed E-state index contributed by atoms with van der Waals surface area (Å²) < 4.78 is 38.5. The molecule has 4 aliphatic heterocycles. The van der Waals surface area contributed by atoms with E-state index in [0.29, 0.717) is 47.1 Å². The maximum absolute atomic E-state index is 14.0. The fourth-order valence-electron chi connectivity index (χ4n) is 12.5. The Balaban J connectivity index is 0.000000205. The van der Waals surface area contributed by atoms with Gasteiger partial charge in [0.2, 0.25) is 0 Å². The summed E-state index contributed by atoms with van der Waals surface area (Å²) in [6.45, 7) is 4.53. The maximum Gasteiger partial charge on any atom is 0.258 e. The molecule has 471 valence electrons. The molecule has 6 aliphatic rings. The van der Waals surface area contributed by atoms with Crippen molar-refractivity contribution < 1.29 is 37.4 Å². The van der Waals surface area contributed by atoms with E-state index >= 15 is 0 Å². The molecule has 6 aromatic rings. The first kappa shape index (κ1) is 77.5. The van der Waals surface area contributed by atoms with E-state index in [-0.39, 0.29) is 50.2 Å². The zero-order valence-electron chi connectivity index (χ0n) is 55.2. The third kappa shape index (κ3) is 19.7. The fourth-order valence-corrected chi connectivity index (χ4v) is 12.9. The Morgan fingerprint density at radius 3 is 1.30 bits per heavy atom. The second-order valence-corrected chi connectivity index (χ2v) is 25.3. The summed E-state index contributed by atoms with van der Waals surface area (Å²) in [4.78, 5) is 66.5. The Bertz CT molecular complexity index is 3800. The van der Waals surface area contributed by atoms with Crippen LogP contribution in [0.3, 0.4) is 0 Å². The van der Waals surface area contributed by atoms with Crippen molar-refractivity contribution in [3.63, 3.8) is 0 Å². The van der Waals surface area contributed by atoms with E-state index < -0.39 is 49.0 Å². The first-order chi connectivity index (χ1) is 47.4. The minimum atomic E-state index is -0.630. The summed E-state index contributed by atoms with van der Waals surface area (Å²) in [5.41, 5.74) is 8.15. The van der Waals surface area contributed by atoms with Gasteiger partial charge < -0.3 is 40.5 Å². The van der Waals surface area contributed by atoms with Gasteiger partial charge in [-0.3, -0.25) is 29.2 Å². The van der Waals surface area contributed by atoms with E-state index in [2.05, 4.69) is 71.0 Å². The minimum Gasteiger partial charge on any atom is -0.495 e. The molecule has 0 aromatic heterocycles. The Morgan fingerprint density at radius 1 is 0.566 bits per heavy atom. The highest BCUT2D eigenvalue weighted by atomic mass is 35.5. The molecule has 2 spiro atoms. The third-order valence-electron chi connectivity index (χ3n) is 17.8. The highest BCUT2D eigenvalue weighted by molar-refractivity contribution is 7.89. The zero-order chi connectivity index (χ0) is 71.7. The van der Waals surface area contributed by atoms with Crippen molar-refractivity contribution in [1.82, 2.24) is 10.6 Å². The van der Waals surface area contributed by atoms with E-state index in [4.69, 9.17) is 102 Å². The molecule has 4 N–H and O–H groups in total. The molecule has 0 bridgehead atoms. The lowest BCUT2D eigenvalue weighted by Crippen LogP contribution is -2.52. The zero-order valence-corrected chi connectivity index (χ0v) is 56.7. The van der Waals surface area contributed by atoms with Crippen molar-refractivity contribution in [3.05, 3.63) is 200 Å². The van der Waals surface area contributed by atoms with Crippen LogP contribution in [0.4, 0.5) is 31.5 Å². The molecule has 0 saturated heterocycles. The van der Waals surface area contributed by atoms with Gasteiger partial charge in [-0.2, -0.15) is 0 Å². The number of benzene rings is 6. The Kier molecular flexibility index (Phi) is 28.1. The highest BCUT2D eigenvalue weighted by Gasteiger charge is 2.41. The lowest BCUT2D eigenvalue weighted by atomic mass is 8.68. The predicted molar refractivity (Wildman–Crippen MR) is 416 cm³/mol. The number of methoxy groups -OCH3 is 2. The molecule has 14 nitrogen and oxygen atoms in total. The average Bonchev–Trinajstić information content (AvgIpc) is 1.66. The van der Waals surface area contributed by atoms with Gasteiger partial charge in [-0.1, -0.05) is 71.8 Å². The van der Waals surface area contributed by atoms with E-state index in [1.165, 1.54) is 56.7 Å². The Hall–Kier alpha value is -7.24. The summed E-state index contributed by atoms with van der Waals surface area (Å²) in [6.07, 6.45) is 9.48. The van der Waals surface area contributed by atoms with Gasteiger partial charge in [0.25, 0.3) is 23.6 Å². The standard InChI is InChI=1S/2C32H30ClFN4O3.B8.B7.B2/c2*1-41-28-16-20(6-9-26(28)37-30(39)24-17-23(34)7-8-25(24)33)31(40)38-15-12-32(18-21-4-2-3-5-27(21)38)11-10-22(19-32)29-35-13-14-36-29;1-6(2)8(5)7(3)4;1-5-7(4)6(2)3;1-2/h2*2-9,16-17,19H,10-15,18H2,1H3,(H,35,36)(H,37,39);;;/t2*32-;;;/m00.../s1. The van der Waals surface area contributed by atoms with Gasteiger partial charge in [-0.15, -0.1) is 0 Å². The van der Waals surface area contributed by atoms with Gasteiger partial charge >= 0.3 is 0 Å². The number of rotatable bonds is 14. The van der Waals surface area contributed by atoms with Crippen LogP contribution >= 0.6 is 23.2 Å². The summed E-state index contributed by atoms with van der Waals surface area (Å²) in [5, 5.41) is 12.5. The van der Waals surface area contributed by atoms with Crippen LogP contribution < -0.4 is 40.5 Å². The number of hydrogen-bond acceptors (Lipinski definition) is 10. The number of halogens is 4. The van der Waals surface area contributed by atoms with Gasteiger partial charge in [0, 0.05) is 173 Å². The smallest absolute Gasteiger partial charge is 0.258 e. The number of anilines is 4. The molecule has 0 saturated carbocycles. The van der Waals surface area contributed by atoms with Gasteiger partial charge in [-0.25, -0.2) is 8.78 Å². The summed E-state index contributed by atoms with van der Waals surface area (Å²) >= 11 is 12.2. The van der Waals surface area contributed by atoms with Crippen LogP contribution in [-0.4, -0.2) is 213 Å². The number of amides is 4. The number of hydrogen-bond donors (Lipinski definition) is 4. The van der Waals surface area contributed by atoms with Crippen LogP contribution in [0, 0.1) is 22.5 Å². The lowest BCUT2D eigenvalue weighted by molar-refractivity contribution is 0.0977. The van der Waals surface area contributed by atoms with Crippen LogP contribution in [0.25, 0.3) is 0 Å². The minimum absolute atomic E-state index is 0.00359. The van der Waals surface area contributed by atoms with Gasteiger partial charge in [0.15, 0.2) is 0 Å². The van der Waals surface area contributed by atoms with Gasteiger partial charge in [-0.05, 0) is 169 Å². The number of aliphatic imine (C=N–C) groups is 2. The van der Waals surface area contributed by atoms with Crippen molar-refractivity contribution in [2.75, 3.05) is 73.9 Å². The van der Waals surface area contributed by atoms with Crippen LogP contribution in [0.1, 0.15) is 91.1 Å². The first-order valence-corrected chi connectivity index (χ1v) is 32.8. The number of nitrogens with zero attached hydrogens (tertiary/aromatic N) is 4. The van der Waals surface area contributed by atoms with E-state index in [9.17, 15) is 28.0 Å². The number of nitrogens with one attached hydrogen (secondary N) is 4. The van der Waals surface area contributed by atoms with Crippen molar-refractivity contribution in [2.45, 2.75) is 51.4 Å². The molecule has 35 heteroatoms. The molecule has 0 unspecified atom stereocenters.